The molecular formula is C17H23N3. The predicted molar refractivity (Wildman–Crippen MR) is 83.7 cm³/mol. The number of hydrogen-bond acceptors (Lipinski definition) is 2. The second-order valence-electron chi connectivity index (χ2n) is 5.72. The fraction of sp³-hybridized carbons (Fsp3) is 0.412. The third kappa shape index (κ3) is 3.42. The monoisotopic (exact) mass is 269 g/mol. The van der Waals surface area contributed by atoms with Crippen molar-refractivity contribution >= 4 is 5.69 Å². The zero-order valence-electron chi connectivity index (χ0n) is 12.2. The molecule has 3 nitrogen and oxygen atoms in total. The first-order valence-electron chi connectivity index (χ1n) is 7.46. The Bertz CT molecular complexity index is 536. The van der Waals surface area contributed by atoms with Gasteiger partial charge >= 0.3 is 0 Å². The zero-order chi connectivity index (χ0) is 13.8. The summed E-state index contributed by atoms with van der Waals surface area (Å²) < 4.78 is 2.08. The first kappa shape index (κ1) is 13.3. The van der Waals surface area contributed by atoms with E-state index in [1.807, 2.05) is 0 Å². The Morgan fingerprint density at radius 3 is 2.40 bits per heavy atom. The van der Waals surface area contributed by atoms with Gasteiger partial charge in [0, 0.05) is 38.2 Å². The van der Waals surface area contributed by atoms with Gasteiger partial charge in [0.15, 0.2) is 0 Å². The maximum Gasteiger partial charge on any atom is 0.0415 e. The number of aromatic nitrogens is 1. The van der Waals surface area contributed by atoms with Gasteiger partial charge in [-0.1, -0.05) is 12.1 Å². The van der Waals surface area contributed by atoms with Gasteiger partial charge < -0.3 is 9.88 Å². The molecular weight excluding hydrogens is 246 g/mol. The third-order valence-corrected chi connectivity index (χ3v) is 3.95. The smallest absolute Gasteiger partial charge is 0.0415 e. The van der Waals surface area contributed by atoms with Crippen LogP contribution >= 0.6 is 0 Å². The van der Waals surface area contributed by atoms with E-state index in [1.54, 1.807) is 0 Å². The molecule has 0 amide bonds. The van der Waals surface area contributed by atoms with Gasteiger partial charge in [-0.25, -0.2) is 0 Å². The van der Waals surface area contributed by atoms with Crippen molar-refractivity contribution in [1.29, 1.82) is 0 Å². The second-order valence-corrected chi connectivity index (χ2v) is 5.72. The number of benzene rings is 1. The summed E-state index contributed by atoms with van der Waals surface area (Å²) in [6.07, 6.45) is 6.94. The fourth-order valence-electron chi connectivity index (χ4n) is 2.80. The Hall–Kier alpha value is -1.74. The topological polar surface area (TPSA) is 20.2 Å². The summed E-state index contributed by atoms with van der Waals surface area (Å²) >= 11 is 0. The lowest BCUT2D eigenvalue weighted by Gasteiger charge is -2.14. The Morgan fingerprint density at radius 2 is 1.75 bits per heavy atom. The van der Waals surface area contributed by atoms with Crippen LogP contribution in [-0.4, -0.2) is 22.6 Å². The molecule has 0 atom stereocenters. The van der Waals surface area contributed by atoms with Crippen LogP contribution in [0.2, 0.25) is 0 Å². The van der Waals surface area contributed by atoms with Crippen molar-refractivity contribution in [3.8, 4) is 0 Å². The van der Waals surface area contributed by atoms with Crippen LogP contribution in [0.5, 0.6) is 0 Å². The van der Waals surface area contributed by atoms with Gasteiger partial charge in [0.25, 0.3) is 0 Å². The molecule has 106 valence electrons. The van der Waals surface area contributed by atoms with Gasteiger partial charge in [0.05, 0.1) is 0 Å². The van der Waals surface area contributed by atoms with E-state index in [1.165, 1.54) is 42.7 Å². The van der Waals surface area contributed by atoms with Gasteiger partial charge in [-0.2, -0.15) is 0 Å². The number of nitrogens with one attached hydrogen (secondary N) is 1. The fourth-order valence-corrected chi connectivity index (χ4v) is 2.80. The first-order chi connectivity index (χ1) is 9.79. The van der Waals surface area contributed by atoms with Crippen molar-refractivity contribution in [2.45, 2.75) is 25.9 Å². The van der Waals surface area contributed by atoms with Crippen LogP contribution in [-0.2, 0) is 20.1 Å². The number of likely N-dealkylation sites (tertiary alicyclic amines) is 1. The summed E-state index contributed by atoms with van der Waals surface area (Å²) in [6.45, 7) is 4.49. The maximum absolute atomic E-state index is 3.47. The highest BCUT2D eigenvalue weighted by Gasteiger charge is 2.11. The first-order valence-corrected chi connectivity index (χ1v) is 7.46. The van der Waals surface area contributed by atoms with Gasteiger partial charge in [-0.3, -0.25) is 4.90 Å². The lowest BCUT2D eigenvalue weighted by molar-refractivity contribution is 0.331. The van der Waals surface area contributed by atoms with Crippen LogP contribution in [0.15, 0.2) is 42.7 Å². The Balaban J connectivity index is 1.52. The minimum Gasteiger partial charge on any atom is -0.381 e. The number of rotatable bonds is 5. The number of aryl methyl sites for hydroxylation is 1. The quantitative estimate of drug-likeness (QED) is 0.899. The number of hydrogen-bond donors (Lipinski definition) is 1. The zero-order valence-corrected chi connectivity index (χ0v) is 12.2. The molecule has 2 heterocycles. The van der Waals surface area contributed by atoms with E-state index in [9.17, 15) is 0 Å². The lowest BCUT2D eigenvalue weighted by atomic mass is 10.2. The van der Waals surface area contributed by atoms with Crippen LogP contribution in [0, 0.1) is 0 Å². The average Bonchev–Trinajstić information content (AvgIpc) is 3.10. The highest BCUT2D eigenvalue weighted by molar-refractivity contribution is 5.45. The minimum atomic E-state index is 0.881. The molecule has 20 heavy (non-hydrogen) atoms. The summed E-state index contributed by atoms with van der Waals surface area (Å²) in [4.78, 5) is 2.53. The third-order valence-electron chi connectivity index (χ3n) is 3.95. The standard InChI is InChI=1S/C17H23N3/c1-19-11-8-16(13-19)12-18-17-6-4-15(5-7-17)14-20-9-2-3-10-20/h4-8,11,13,18H,2-3,9-10,12,14H2,1H3. The number of nitrogens with zero attached hydrogens (tertiary/aromatic N) is 2. The van der Waals surface area contributed by atoms with Gasteiger partial charge in [-0.05, 0) is 55.3 Å². The molecule has 0 unspecified atom stereocenters. The summed E-state index contributed by atoms with van der Waals surface area (Å²) in [5.74, 6) is 0. The van der Waals surface area contributed by atoms with Crippen molar-refractivity contribution in [2.24, 2.45) is 7.05 Å². The molecule has 1 aromatic carbocycles. The van der Waals surface area contributed by atoms with E-state index in [2.05, 4.69) is 64.6 Å². The maximum atomic E-state index is 3.47. The van der Waals surface area contributed by atoms with Crippen LogP contribution in [0.25, 0.3) is 0 Å². The van der Waals surface area contributed by atoms with Crippen molar-refractivity contribution in [1.82, 2.24) is 9.47 Å². The van der Waals surface area contributed by atoms with Crippen molar-refractivity contribution in [3.63, 3.8) is 0 Å². The number of anilines is 1. The van der Waals surface area contributed by atoms with Crippen molar-refractivity contribution < 1.29 is 0 Å². The summed E-state index contributed by atoms with van der Waals surface area (Å²) in [5, 5.41) is 3.47. The largest absolute Gasteiger partial charge is 0.381 e. The van der Waals surface area contributed by atoms with Gasteiger partial charge in [-0.15, -0.1) is 0 Å². The van der Waals surface area contributed by atoms with Gasteiger partial charge in [0.1, 0.15) is 0 Å². The molecule has 1 aliphatic heterocycles. The highest BCUT2D eigenvalue weighted by Crippen LogP contribution is 2.15. The molecule has 1 N–H and O–H groups in total. The lowest BCUT2D eigenvalue weighted by Crippen LogP contribution is -2.18. The van der Waals surface area contributed by atoms with E-state index < -0.39 is 0 Å². The molecule has 3 rings (SSSR count). The second kappa shape index (κ2) is 6.14. The predicted octanol–water partition coefficient (Wildman–Crippen LogP) is 3.23. The molecule has 0 radical (unpaired) electrons. The summed E-state index contributed by atoms with van der Waals surface area (Å²) in [5.41, 5.74) is 3.92. The minimum absolute atomic E-state index is 0.881. The van der Waals surface area contributed by atoms with Gasteiger partial charge in [0.2, 0.25) is 0 Å². The van der Waals surface area contributed by atoms with Crippen LogP contribution in [0.4, 0.5) is 5.69 Å². The molecule has 0 saturated carbocycles. The molecule has 1 saturated heterocycles. The normalized spacial score (nSPS) is 15.7. The van der Waals surface area contributed by atoms with Crippen LogP contribution < -0.4 is 5.32 Å². The molecule has 1 aliphatic rings. The van der Waals surface area contributed by atoms with E-state index in [0.29, 0.717) is 0 Å². The molecule has 1 fully saturated rings. The molecule has 2 aromatic rings. The SMILES string of the molecule is Cn1ccc(CNc2ccc(CN3CCCC3)cc2)c1. The van der Waals surface area contributed by atoms with Crippen LogP contribution in [0.3, 0.4) is 0 Å². The van der Waals surface area contributed by atoms with Crippen molar-refractivity contribution in [3.05, 3.63) is 53.9 Å². The van der Waals surface area contributed by atoms with Crippen LogP contribution in [0.1, 0.15) is 24.0 Å². The van der Waals surface area contributed by atoms with E-state index in [0.717, 1.165) is 13.1 Å². The molecule has 0 spiro atoms. The van der Waals surface area contributed by atoms with Crippen molar-refractivity contribution in [2.75, 3.05) is 18.4 Å². The van der Waals surface area contributed by atoms with E-state index in [-0.39, 0.29) is 0 Å². The molecule has 0 aliphatic carbocycles. The molecule has 3 heteroatoms. The van der Waals surface area contributed by atoms with E-state index >= 15 is 0 Å². The Morgan fingerprint density at radius 1 is 1.00 bits per heavy atom. The highest BCUT2D eigenvalue weighted by atomic mass is 15.1. The van der Waals surface area contributed by atoms with E-state index in [4.69, 9.17) is 0 Å². The average molecular weight is 269 g/mol. The molecule has 0 bridgehead atoms. The Kier molecular flexibility index (Phi) is 4.07. The molecule has 1 aromatic heterocycles. The summed E-state index contributed by atoms with van der Waals surface area (Å²) in [7, 11) is 2.05. The Labute approximate surface area is 121 Å². The summed E-state index contributed by atoms with van der Waals surface area (Å²) in [6, 6.07) is 11.0.